The highest BCUT2D eigenvalue weighted by molar-refractivity contribution is 5.77. The standard InChI is InChI=1S/C12H19N3O/c1-3-15(9-12(16)14-2)8-10-6-4-5-7-11(10)13/h4-7H,3,8-9,13H2,1-2H3,(H,14,16). The Kier molecular flexibility index (Phi) is 4.79. The van der Waals surface area contributed by atoms with Gasteiger partial charge in [-0.05, 0) is 18.2 Å². The smallest absolute Gasteiger partial charge is 0.233 e. The number of para-hydroxylation sites is 1. The Morgan fingerprint density at radius 3 is 2.69 bits per heavy atom. The third-order valence-electron chi connectivity index (χ3n) is 2.54. The van der Waals surface area contributed by atoms with Crippen LogP contribution in [0.3, 0.4) is 0 Å². The van der Waals surface area contributed by atoms with Crippen molar-refractivity contribution >= 4 is 11.6 Å². The quantitative estimate of drug-likeness (QED) is 0.724. The zero-order valence-corrected chi connectivity index (χ0v) is 9.86. The van der Waals surface area contributed by atoms with Crippen LogP contribution in [0.15, 0.2) is 24.3 Å². The van der Waals surface area contributed by atoms with Gasteiger partial charge in [0.1, 0.15) is 0 Å². The molecule has 0 aliphatic carbocycles. The summed E-state index contributed by atoms with van der Waals surface area (Å²) >= 11 is 0. The van der Waals surface area contributed by atoms with Crippen LogP contribution < -0.4 is 11.1 Å². The van der Waals surface area contributed by atoms with Gasteiger partial charge in [0, 0.05) is 19.3 Å². The number of rotatable bonds is 5. The van der Waals surface area contributed by atoms with Gasteiger partial charge in [-0.1, -0.05) is 25.1 Å². The number of hydrogen-bond donors (Lipinski definition) is 2. The molecule has 0 aliphatic heterocycles. The summed E-state index contributed by atoms with van der Waals surface area (Å²) in [6.07, 6.45) is 0. The maximum absolute atomic E-state index is 11.3. The molecule has 0 atom stereocenters. The van der Waals surface area contributed by atoms with Crippen molar-refractivity contribution in [3.8, 4) is 0 Å². The molecule has 16 heavy (non-hydrogen) atoms. The van der Waals surface area contributed by atoms with Gasteiger partial charge in [-0.15, -0.1) is 0 Å². The lowest BCUT2D eigenvalue weighted by Crippen LogP contribution is -2.35. The summed E-state index contributed by atoms with van der Waals surface area (Å²) in [5.41, 5.74) is 7.70. The van der Waals surface area contributed by atoms with Gasteiger partial charge in [0.2, 0.25) is 5.91 Å². The molecule has 1 aromatic rings. The Morgan fingerprint density at radius 2 is 2.12 bits per heavy atom. The van der Waals surface area contributed by atoms with Crippen molar-refractivity contribution in [3.63, 3.8) is 0 Å². The molecular formula is C12H19N3O. The van der Waals surface area contributed by atoms with Crippen molar-refractivity contribution in [2.45, 2.75) is 13.5 Å². The summed E-state index contributed by atoms with van der Waals surface area (Å²) in [4.78, 5) is 13.3. The Balaban J connectivity index is 2.63. The van der Waals surface area contributed by atoms with E-state index in [1.807, 2.05) is 36.1 Å². The number of nitrogens with one attached hydrogen (secondary N) is 1. The van der Waals surface area contributed by atoms with E-state index < -0.39 is 0 Å². The van der Waals surface area contributed by atoms with Crippen LogP contribution in [0.1, 0.15) is 12.5 Å². The fraction of sp³-hybridized carbons (Fsp3) is 0.417. The number of hydrogen-bond acceptors (Lipinski definition) is 3. The Labute approximate surface area is 96.4 Å². The highest BCUT2D eigenvalue weighted by Crippen LogP contribution is 2.12. The fourth-order valence-electron chi connectivity index (χ4n) is 1.48. The van der Waals surface area contributed by atoms with Crippen LogP contribution in [0.2, 0.25) is 0 Å². The van der Waals surface area contributed by atoms with Crippen molar-refractivity contribution in [1.29, 1.82) is 0 Å². The summed E-state index contributed by atoms with van der Waals surface area (Å²) in [6, 6.07) is 7.73. The monoisotopic (exact) mass is 221 g/mol. The van der Waals surface area contributed by atoms with E-state index in [9.17, 15) is 4.79 Å². The van der Waals surface area contributed by atoms with E-state index in [4.69, 9.17) is 5.73 Å². The van der Waals surface area contributed by atoms with Gasteiger partial charge in [0.25, 0.3) is 0 Å². The number of benzene rings is 1. The predicted octanol–water partition coefficient (Wildman–Crippen LogP) is 0.837. The second-order valence-corrected chi connectivity index (χ2v) is 3.68. The maximum Gasteiger partial charge on any atom is 0.233 e. The minimum Gasteiger partial charge on any atom is -0.398 e. The van der Waals surface area contributed by atoms with Gasteiger partial charge >= 0.3 is 0 Å². The minimum atomic E-state index is 0.0244. The van der Waals surface area contributed by atoms with Crippen LogP contribution in [0.5, 0.6) is 0 Å². The molecule has 1 amide bonds. The van der Waals surface area contributed by atoms with Crippen molar-refractivity contribution in [2.75, 3.05) is 25.9 Å². The van der Waals surface area contributed by atoms with E-state index in [2.05, 4.69) is 5.32 Å². The van der Waals surface area contributed by atoms with Gasteiger partial charge < -0.3 is 11.1 Å². The number of carbonyl (C=O) groups is 1. The highest BCUT2D eigenvalue weighted by atomic mass is 16.1. The number of amides is 1. The average Bonchev–Trinajstić information content (AvgIpc) is 2.30. The largest absolute Gasteiger partial charge is 0.398 e. The summed E-state index contributed by atoms with van der Waals surface area (Å²) in [5, 5.41) is 2.62. The lowest BCUT2D eigenvalue weighted by atomic mass is 10.1. The first-order valence-corrected chi connectivity index (χ1v) is 5.43. The van der Waals surface area contributed by atoms with E-state index in [0.29, 0.717) is 13.1 Å². The number of likely N-dealkylation sites (N-methyl/N-ethyl adjacent to an activating group) is 2. The topological polar surface area (TPSA) is 58.4 Å². The summed E-state index contributed by atoms with van der Waals surface area (Å²) in [5.74, 6) is 0.0244. The summed E-state index contributed by atoms with van der Waals surface area (Å²) < 4.78 is 0. The molecule has 0 radical (unpaired) electrons. The first-order chi connectivity index (χ1) is 7.67. The van der Waals surface area contributed by atoms with E-state index in [1.54, 1.807) is 7.05 Å². The van der Waals surface area contributed by atoms with E-state index >= 15 is 0 Å². The van der Waals surface area contributed by atoms with E-state index in [1.165, 1.54) is 0 Å². The van der Waals surface area contributed by atoms with Crippen LogP contribution in [-0.4, -0.2) is 30.9 Å². The van der Waals surface area contributed by atoms with Crippen LogP contribution in [0.25, 0.3) is 0 Å². The first-order valence-electron chi connectivity index (χ1n) is 5.43. The molecule has 0 saturated carbocycles. The van der Waals surface area contributed by atoms with Crippen LogP contribution >= 0.6 is 0 Å². The normalized spacial score (nSPS) is 10.4. The fourth-order valence-corrected chi connectivity index (χ4v) is 1.48. The average molecular weight is 221 g/mol. The Bertz CT molecular complexity index is 352. The molecule has 0 unspecified atom stereocenters. The zero-order chi connectivity index (χ0) is 12.0. The lowest BCUT2D eigenvalue weighted by Gasteiger charge is -2.20. The second kappa shape index (κ2) is 6.12. The molecule has 88 valence electrons. The molecular weight excluding hydrogens is 202 g/mol. The van der Waals surface area contributed by atoms with E-state index in [0.717, 1.165) is 17.8 Å². The third-order valence-corrected chi connectivity index (χ3v) is 2.54. The van der Waals surface area contributed by atoms with Gasteiger partial charge in [0.05, 0.1) is 6.54 Å². The first kappa shape index (κ1) is 12.5. The molecule has 1 rings (SSSR count). The summed E-state index contributed by atoms with van der Waals surface area (Å²) in [7, 11) is 1.65. The van der Waals surface area contributed by atoms with Crippen LogP contribution in [0, 0.1) is 0 Å². The van der Waals surface area contributed by atoms with Crippen molar-refractivity contribution < 1.29 is 4.79 Å². The molecule has 0 fully saturated rings. The Hall–Kier alpha value is -1.55. The van der Waals surface area contributed by atoms with Crippen LogP contribution in [-0.2, 0) is 11.3 Å². The van der Waals surface area contributed by atoms with Gasteiger partial charge in [-0.25, -0.2) is 0 Å². The number of nitrogen functional groups attached to an aromatic ring is 1. The number of nitrogens with zero attached hydrogens (tertiary/aromatic N) is 1. The lowest BCUT2D eigenvalue weighted by molar-refractivity contribution is -0.121. The van der Waals surface area contributed by atoms with Gasteiger partial charge in [-0.3, -0.25) is 9.69 Å². The third kappa shape index (κ3) is 3.55. The van der Waals surface area contributed by atoms with Crippen molar-refractivity contribution in [2.24, 2.45) is 0 Å². The highest BCUT2D eigenvalue weighted by Gasteiger charge is 2.09. The molecule has 4 heteroatoms. The van der Waals surface area contributed by atoms with Crippen LogP contribution in [0.4, 0.5) is 5.69 Å². The zero-order valence-electron chi connectivity index (χ0n) is 9.86. The minimum absolute atomic E-state index is 0.0244. The number of carbonyl (C=O) groups excluding carboxylic acids is 1. The molecule has 0 spiro atoms. The molecule has 0 bridgehead atoms. The molecule has 0 heterocycles. The number of nitrogens with two attached hydrogens (primary N) is 1. The van der Waals surface area contributed by atoms with E-state index in [-0.39, 0.29) is 5.91 Å². The maximum atomic E-state index is 11.3. The predicted molar refractivity (Wildman–Crippen MR) is 65.9 cm³/mol. The Morgan fingerprint density at radius 1 is 1.44 bits per heavy atom. The van der Waals surface area contributed by atoms with Crippen molar-refractivity contribution in [1.82, 2.24) is 10.2 Å². The molecule has 4 nitrogen and oxygen atoms in total. The van der Waals surface area contributed by atoms with Gasteiger partial charge in [0.15, 0.2) is 0 Å². The summed E-state index contributed by atoms with van der Waals surface area (Å²) in [6.45, 7) is 3.96. The van der Waals surface area contributed by atoms with Crippen molar-refractivity contribution in [3.05, 3.63) is 29.8 Å². The molecule has 0 saturated heterocycles. The molecule has 1 aromatic carbocycles. The molecule has 0 aromatic heterocycles. The SMILES string of the molecule is CCN(CC(=O)NC)Cc1ccccc1N. The molecule has 0 aliphatic rings. The molecule has 3 N–H and O–H groups in total. The second-order valence-electron chi connectivity index (χ2n) is 3.68. The number of anilines is 1. The van der Waals surface area contributed by atoms with Gasteiger partial charge in [-0.2, -0.15) is 0 Å².